The monoisotopic (exact) mass is 254 g/mol. The molecule has 3 N–H and O–H groups in total. The highest BCUT2D eigenvalue weighted by Crippen LogP contribution is 2.35. The average Bonchev–Trinajstić information content (AvgIpc) is 2.81. The van der Waals surface area contributed by atoms with Gasteiger partial charge in [0.1, 0.15) is 5.76 Å². The van der Waals surface area contributed by atoms with E-state index in [9.17, 15) is 0 Å². The molecule has 2 heterocycles. The fraction of sp³-hybridized carbons (Fsp3) is 0.400. The van der Waals surface area contributed by atoms with Gasteiger partial charge in [-0.1, -0.05) is 5.16 Å². The lowest BCUT2D eigenvalue weighted by atomic mass is 10.2. The van der Waals surface area contributed by atoms with E-state index in [-0.39, 0.29) is 0 Å². The first-order valence-corrected chi connectivity index (χ1v) is 5.85. The fourth-order valence-corrected chi connectivity index (χ4v) is 2.21. The van der Waals surface area contributed by atoms with Gasteiger partial charge in [0, 0.05) is 12.1 Å². The Hall–Kier alpha value is -1.76. The number of rotatable bonds is 4. The van der Waals surface area contributed by atoms with Crippen LogP contribution in [-0.2, 0) is 6.54 Å². The van der Waals surface area contributed by atoms with Gasteiger partial charge in [-0.15, -0.1) is 0 Å². The van der Waals surface area contributed by atoms with E-state index in [0.29, 0.717) is 18.1 Å². The van der Waals surface area contributed by atoms with Crippen molar-refractivity contribution in [3.05, 3.63) is 17.0 Å². The normalized spacial score (nSPS) is 10.5. The van der Waals surface area contributed by atoms with Gasteiger partial charge < -0.3 is 20.3 Å². The molecular weight excluding hydrogens is 240 g/mol. The third-order valence-corrected chi connectivity index (χ3v) is 3.29. The third kappa shape index (κ3) is 2.19. The highest BCUT2D eigenvalue weighted by atomic mass is 32.1. The molecule has 0 unspecified atom stereocenters. The van der Waals surface area contributed by atoms with Crippen molar-refractivity contribution in [1.29, 1.82) is 0 Å². The number of aromatic nitrogens is 2. The summed E-state index contributed by atoms with van der Waals surface area (Å²) in [6.07, 6.45) is 0. The lowest BCUT2D eigenvalue weighted by Gasteiger charge is -2.05. The van der Waals surface area contributed by atoms with Gasteiger partial charge in [0.15, 0.2) is 16.6 Å². The number of nitrogens with zero attached hydrogens (tertiary/aromatic N) is 2. The first-order chi connectivity index (χ1) is 8.13. The van der Waals surface area contributed by atoms with E-state index in [0.717, 1.165) is 22.0 Å². The third-order valence-electron chi connectivity index (χ3n) is 2.49. The van der Waals surface area contributed by atoms with Gasteiger partial charge in [-0.2, -0.15) is 4.37 Å². The molecule has 0 atom stereocenters. The zero-order chi connectivity index (χ0) is 12.4. The second-order valence-electron chi connectivity index (χ2n) is 3.59. The highest BCUT2D eigenvalue weighted by molar-refractivity contribution is 7.11. The Labute approximate surface area is 103 Å². The second kappa shape index (κ2) is 4.62. The molecule has 0 aliphatic heterocycles. The van der Waals surface area contributed by atoms with E-state index >= 15 is 0 Å². The van der Waals surface area contributed by atoms with Crippen LogP contribution in [0.4, 0.5) is 10.8 Å². The van der Waals surface area contributed by atoms with E-state index in [1.54, 1.807) is 7.11 Å². The van der Waals surface area contributed by atoms with E-state index in [4.69, 9.17) is 15.0 Å². The van der Waals surface area contributed by atoms with Crippen LogP contribution in [0.2, 0.25) is 0 Å². The number of nitrogens with two attached hydrogens (primary N) is 1. The van der Waals surface area contributed by atoms with E-state index in [1.807, 2.05) is 13.8 Å². The number of aryl methyl sites for hydroxylation is 2. The summed E-state index contributed by atoms with van der Waals surface area (Å²) < 4.78 is 14.3. The Balaban J connectivity index is 2.12. The van der Waals surface area contributed by atoms with Gasteiger partial charge >= 0.3 is 0 Å². The predicted octanol–water partition coefficient (Wildman–Crippen LogP) is 1.95. The van der Waals surface area contributed by atoms with Crippen molar-refractivity contribution in [3.63, 3.8) is 0 Å². The number of nitrogen functional groups attached to an aromatic ring is 1. The van der Waals surface area contributed by atoms with Crippen LogP contribution in [0.5, 0.6) is 5.75 Å². The molecule has 0 fully saturated rings. The van der Waals surface area contributed by atoms with Crippen LogP contribution in [0.15, 0.2) is 4.52 Å². The Kier molecular flexibility index (Phi) is 3.19. The van der Waals surface area contributed by atoms with Gasteiger partial charge in [0.05, 0.1) is 12.8 Å². The van der Waals surface area contributed by atoms with Crippen LogP contribution < -0.4 is 15.8 Å². The Morgan fingerprint density at radius 2 is 2.24 bits per heavy atom. The van der Waals surface area contributed by atoms with Gasteiger partial charge in [-0.3, -0.25) is 0 Å². The second-order valence-corrected chi connectivity index (χ2v) is 4.36. The molecule has 0 aliphatic rings. The molecule has 0 saturated carbocycles. The summed E-state index contributed by atoms with van der Waals surface area (Å²) in [7, 11) is 1.57. The first kappa shape index (κ1) is 11.7. The zero-order valence-electron chi connectivity index (χ0n) is 9.90. The number of nitrogens with one attached hydrogen (secondary N) is 1. The highest BCUT2D eigenvalue weighted by Gasteiger charge is 2.14. The van der Waals surface area contributed by atoms with Gasteiger partial charge in [0.25, 0.3) is 0 Å². The smallest absolute Gasteiger partial charge is 0.197 e. The molecule has 2 aromatic heterocycles. The lowest BCUT2D eigenvalue weighted by molar-refractivity contribution is 0.392. The van der Waals surface area contributed by atoms with Crippen LogP contribution in [0.1, 0.15) is 17.0 Å². The van der Waals surface area contributed by atoms with Crippen LogP contribution in [0, 0.1) is 13.8 Å². The Bertz CT molecular complexity index is 501. The molecule has 0 bridgehead atoms. The molecule has 17 heavy (non-hydrogen) atoms. The zero-order valence-corrected chi connectivity index (χ0v) is 10.7. The molecular formula is C10H14N4O2S. The van der Waals surface area contributed by atoms with Gasteiger partial charge in [-0.25, -0.2) is 0 Å². The van der Waals surface area contributed by atoms with Crippen molar-refractivity contribution < 1.29 is 9.26 Å². The molecule has 7 heteroatoms. The minimum atomic E-state index is 0.402. The minimum absolute atomic E-state index is 0.402. The number of hydrogen-bond donors (Lipinski definition) is 2. The van der Waals surface area contributed by atoms with E-state index in [2.05, 4.69) is 14.8 Å². The van der Waals surface area contributed by atoms with Gasteiger partial charge in [0.2, 0.25) is 0 Å². The Morgan fingerprint density at radius 3 is 2.82 bits per heavy atom. The predicted molar refractivity (Wildman–Crippen MR) is 66.4 cm³/mol. The summed E-state index contributed by atoms with van der Waals surface area (Å²) in [6.45, 7) is 4.40. The van der Waals surface area contributed by atoms with Crippen molar-refractivity contribution in [1.82, 2.24) is 9.53 Å². The van der Waals surface area contributed by atoms with Crippen molar-refractivity contribution in [3.8, 4) is 5.75 Å². The summed E-state index contributed by atoms with van der Waals surface area (Å²) in [6, 6.07) is 0. The van der Waals surface area contributed by atoms with Gasteiger partial charge in [-0.05, 0) is 25.4 Å². The topological polar surface area (TPSA) is 86.2 Å². The maximum atomic E-state index is 5.66. The molecule has 0 aliphatic carbocycles. The quantitative estimate of drug-likeness (QED) is 0.867. The maximum Gasteiger partial charge on any atom is 0.197 e. The summed E-state index contributed by atoms with van der Waals surface area (Å²) in [5.74, 6) is 1.80. The van der Waals surface area contributed by atoms with Crippen LogP contribution >= 0.6 is 11.5 Å². The van der Waals surface area contributed by atoms with Crippen LogP contribution in [0.25, 0.3) is 0 Å². The summed E-state index contributed by atoms with van der Waals surface area (Å²) in [5, 5.41) is 7.92. The van der Waals surface area contributed by atoms with E-state index < -0.39 is 0 Å². The number of methoxy groups -OCH3 is 1. The summed E-state index contributed by atoms with van der Waals surface area (Å²) >= 11 is 1.27. The summed E-state index contributed by atoms with van der Waals surface area (Å²) in [5.41, 5.74) is 7.59. The summed E-state index contributed by atoms with van der Waals surface area (Å²) in [4.78, 5) is 0. The molecule has 92 valence electrons. The van der Waals surface area contributed by atoms with Crippen molar-refractivity contribution in [2.24, 2.45) is 0 Å². The maximum absolute atomic E-state index is 5.66. The van der Waals surface area contributed by atoms with Crippen LogP contribution in [0.3, 0.4) is 0 Å². The number of anilines is 2. The molecule has 2 rings (SSSR count). The molecule has 0 radical (unpaired) electrons. The van der Waals surface area contributed by atoms with Crippen molar-refractivity contribution in [2.45, 2.75) is 20.4 Å². The Morgan fingerprint density at radius 1 is 1.47 bits per heavy atom. The molecule has 6 nitrogen and oxygen atoms in total. The largest absolute Gasteiger partial charge is 0.490 e. The number of hydrogen-bond acceptors (Lipinski definition) is 7. The fourth-order valence-electron chi connectivity index (χ4n) is 1.53. The molecule has 0 amide bonds. The standard InChI is InChI=1S/C10H14N4O2S/c1-5-7(6(2)16-13-5)4-12-10-8(15-3)9(11)14-17-10/h12H,4H2,1-3H3,(H2,11,14). The van der Waals surface area contributed by atoms with Crippen molar-refractivity contribution >= 4 is 22.4 Å². The van der Waals surface area contributed by atoms with Crippen LogP contribution in [-0.4, -0.2) is 16.6 Å². The first-order valence-electron chi connectivity index (χ1n) is 5.08. The molecule has 0 saturated heterocycles. The average molecular weight is 254 g/mol. The minimum Gasteiger partial charge on any atom is -0.490 e. The number of ether oxygens (including phenoxy) is 1. The molecule has 2 aromatic rings. The van der Waals surface area contributed by atoms with E-state index in [1.165, 1.54) is 11.5 Å². The SMILES string of the molecule is COc1c(N)nsc1NCc1c(C)noc1C. The van der Waals surface area contributed by atoms with Crippen molar-refractivity contribution in [2.75, 3.05) is 18.2 Å². The lowest BCUT2D eigenvalue weighted by Crippen LogP contribution is -2.01. The molecule has 0 spiro atoms. The molecule has 0 aromatic carbocycles.